The van der Waals surface area contributed by atoms with Gasteiger partial charge in [-0.2, -0.15) is 21.1 Å². The molecule has 0 bridgehead atoms. The molecular formula is C21H26N6O7S2. The van der Waals surface area contributed by atoms with Crippen molar-refractivity contribution in [3.8, 4) is 0 Å². The number of nitrogens with zero attached hydrogens (tertiary/aromatic N) is 4. The monoisotopic (exact) mass is 538 g/mol. The molecule has 13 nitrogen and oxygen atoms in total. The van der Waals surface area contributed by atoms with Crippen LogP contribution in [-0.4, -0.2) is 110 Å². The van der Waals surface area contributed by atoms with Gasteiger partial charge in [-0.3, -0.25) is 9.59 Å². The number of ketones is 1. The average molecular weight is 539 g/mol. The van der Waals surface area contributed by atoms with Gasteiger partial charge in [0.2, 0.25) is 11.5 Å². The minimum Gasteiger partial charge on any atom is -0.545 e. The van der Waals surface area contributed by atoms with Gasteiger partial charge < -0.3 is 40.5 Å². The molecule has 0 aromatic carbocycles. The number of anilines is 1. The quantitative estimate of drug-likeness (QED) is 0.150. The number of nitrogen functional groups attached to an aromatic ring is 1. The van der Waals surface area contributed by atoms with E-state index in [9.17, 15) is 29.7 Å². The summed E-state index contributed by atoms with van der Waals surface area (Å²) in [6.07, 6.45) is 1.85. The smallest absolute Gasteiger partial charge is 0.277 e. The van der Waals surface area contributed by atoms with E-state index >= 15 is 0 Å². The van der Waals surface area contributed by atoms with Crippen molar-refractivity contribution in [2.45, 2.75) is 23.5 Å². The van der Waals surface area contributed by atoms with Crippen molar-refractivity contribution in [2.24, 2.45) is 11.1 Å². The molecular weight excluding hydrogens is 512 g/mol. The number of oxime groups is 1. The number of rotatable bonds is 8. The lowest BCUT2D eigenvalue weighted by molar-refractivity contribution is -0.894. The van der Waals surface area contributed by atoms with Gasteiger partial charge in [-0.1, -0.05) is 11.2 Å². The van der Waals surface area contributed by atoms with Crippen molar-refractivity contribution in [1.82, 2.24) is 14.7 Å². The fourth-order valence-corrected chi connectivity index (χ4v) is 6.65. The van der Waals surface area contributed by atoms with Crippen LogP contribution in [0.3, 0.4) is 0 Å². The second kappa shape index (κ2) is 10.3. The number of hydrogen-bond acceptors (Lipinski definition) is 13. The van der Waals surface area contributed by atoms with E-state index in [0.29, 0.717) is 35.4 Å². The van der Waals surface area contributed by atoms with E-state index in [4.69, 9.17) is 10.6 Å². The van der Waals surface area contributed by atoms with Crippen LogP contribution in [-0.2, 0) is 19.2 Å². The summed E-state index contributed by atoms with van der Waals surface area (Å²) in [4.78, 5) is 46.4. The van der Waals surface area contributed by atoms with Crippen molar-refractivity contribution in [3.63, 3.8) is 0 Å². The highest BCUT2D eigenvalue weighted by molar-refractivity contribution is 8.00. The largest absolute Gasteiger partial charge is 0.545 e. The summed E-state index contributed by atoms with van der Waals surface area (Å²) in [7, 11) is 3.13. The zero-order valence-electron chi connectivity index (χ0n) is 19.5. The molecule has 3 aliphatic rings. The number of thioether (sulfide) groups is 1. The zero-order chi connectivity index (χ0) is 26.2. The van der Waals surface area contributed by atoms with E-state index in [0.717, 1.165) is 11.5 Å². The van der Waals surface area contributed by atoms with Gasteiger partial charge in [0.15, 0.2) is 10.9 Å². The second-order valence-electron chi connectivity index (χ2n) is 9.12. The summed E-state index contributed by atoms with van der Waals surface area (Å²) in [5.41, 5.74) is 5.70. The number of quaternary nitrogens is 1. The fraction of sp³-hybridized carbons (Fsp3) is 0.524. The first kappa shape index (κ1) is 26.2. The Labute approximate surface area is 214 Å². The molecule has 2 unspecified atom stereocenters. The lowest BCUT2D eigenvalue weighted by atomic mass is 9.71. The number of carboxylic acid groups (broad SMARTS) is 1. The van der Waals surface area contributed by atoms with Gasteiger partial charge in [-0.05, 0) is 17.2 Å². The van der Waals surface area contributed by atoms with Crippen molar-refractivity contribution in [3.05, 3.63) is 29.1 Å². The van der Waals surface area contributed by atoms with E-state index in [1.165, 1.54) is 18.9 Å². The molecule has 1 aromatic rings. The highest BCUT2D eigenvalue weighted by Crippen LogP contribution is 2.45. The van der Waals surface area contributed by atoms with Crippen molar-refractivity contribution < 1.29 is 39.0 Å². The number of aliphatic hydroxyl groups is 2. The fourth-order valence-electron chi connectivity index (χ4n) is 4.74. The molecule has 1 amide bonds. The molecule has 1 saturated carbocycles. The number of hydrogen-bond donors (Lipinski definition) is 4. The highest BCUT2D eigenvalue weighted by atomic mass is 32.2. The van der Waals surface area contributed by atoms with Crippen LogP contribution in [0.25, 0.3) is 0 Å². The lowest BCUT2D eigenvalue weighted by Crippen LogP contribution is -2.66. The predicted octanol–water partition coefficient (Wildman–Crippen LogP) is -2.95. The molecule has 36 heavy (non-hydrogen) atoms. The van der Waals surface area contributed by atoms with Gasteiger partial charge >= 0.3 is 0 Å². The van der Waals surface area contributed by atoms with Crippen LogP contribution in [0, 0.1) is 5.92 Å². The van der Waals surface area contributed by atoms with E-state index in [2.05, 4.69) is 19.8 Å². The Hall–Kier alpha value is -2.85. The highest BCUT2D eigenvalue weighted by Gasteiger charge is 2.55. The van der Waals surface area contributed by atoms with E-state index in [-0.39, 0.29) is 22.2 Å². The average Bonchev–Trinajstić information content (AvgIpc) is 3.36. The standard InChI is InChI=1S/C21H26N6O7S2/c1-27(6-10(28)11(29)7-27)5-3-4-9-8-35-17-13(12(9)20(32)33)16(30)14(17)23-19(31)15(25-34-2)18-24-21(22)36-26-18/h3-4,10-11,13-14,17,28-29H,5-8H2,1-2H3,(H3-,22,23,24,26,31,32,33)/b4-3+,25-15-/t10-,11+,13?,14-,17+,27?/m1/s1. The number of allylic oxidation sites excluding steroid dienone is 1. The third kappa shape index (κ3) is 5.01. The Balaban J connectivity index is 1.47. The van der Waals surface area contributed by atoms with Crippen molar-refractivity contribution in [1.29, 1.82) is 0 Å². The first-order valence-electron chi connectivity index (χ1n) is 11.0. The van der Waals surface area contributed by atoms with Crippen LogP contribution in [0.5, 0.6) is 0 Å². The Morgan fingerprint density at radius 2 is 2.06 bits per heavy atom. The maximum Gasteiger partial charge on any atom is 0.277 e. The first-order valence-corrected chi connectivity index (χ1v) is 12.8. The molecule has 5 N–H and O–H groups in total. The molecule has 1 aliphatic carbocycles. The summed E-state index contributed by atoms with van der Waals surface area (Å²) < 4.78 is 4.34. The molecule has 0 spiro atoms. The molecule has 3 heterocycles. The molecule has 1 aromatic heterocycles. The predicted molar refractivity (Wildman–Crippen MR) is 129 cm³/mol. The number of likely N-dealkylation sites (N-methyl/N-ethyl adjacent to an activating group) is 1. The second-order valence-corrected chi connectivity index (χ2v) is 11.1. The van der Waals surface area contributed by atoms with Crippen LogP contribution in [0.1, 0.15) is 5.82 Å². The summed E-state index contributed by atoms with van der Waals surface area (Å²) in [5, 5.41) is 37.5. The number of likely N-dealkylation sites (tertiary alicyclic amines) is 1. The Bertz CT molecular complexity index is 1160. The Morgan fingerprint density at radius 1 is 1.36 bits per heavy atom. The minimum absolute atomic E-state index is 0.0476. The van der Waals surface area contributed by atoms with Gasteiger partial charge in [-0.25, -0.2) is 0 Å². The Morgan fingerprint density at radius 3 is 2.64 bits per heavy atom. The summed E-state index contributed by atoms with van der Waals surface area (Å²) in [5.74, 6) is -3.29. The number of amides is 1. The van der Waals surface area contributed by atoms with Crippen LogP contribution in [0.2, 0.25) is 0 Å². The number of aromatic nitrogens is 2. The van der Waals surface area contributed by atoms with Crippen LogP contribution < -0.4 is 16.2 Å². The normalized spacial score (nSPS) is 32.4. The maximum absolute atomic E-state index is 13.0. The van der Waals surface area contributed by atoms with E-state index < -0.39 is 47.1 Å². The first-order chi connectivity index (χ1) is 17.0. The number of Topliss-reactive ketones (excluding diaryl/α,β-unsaturated/α-hetero) is 1. The number of nitrogens with two attached hydrogens (primary N) is 1. The number of carbonyl (C=O) groups excluding carboxylic acids is 3. The summed E-state index contributed by atoms with van der Waals surface area (Å²) in [6.45, 7) is 1.24. The number of fused-ring (bicyclic) bond motifs is 1. The van der Waals surface area contributed by atoms with Crippen molar-refractivity contribution >= 4 is 51.8 Å². The minimum atomic E-state index is -1.43. The number of carboxylic acids is 1. The number of nitrogens with one attached hydrogen (secondary N) is 1. The lowest BCUT2D eigenvalue weighted by Gasteiger charge is -2.47. The molecule has 0 radical (unpaired) electrons. The molecule has 6 atom stereocenters. The third-order valence-electron chi connectivity index (χ3n) is 6.48. The van der Waals surface area contributed by atoms with Gasteiger partial charge in [0.05, 0.1) is 25.5 Å². The molecule has 4 rings (SSSR count). The zero-order valence-corrected chi connectivity index (χ0v) is 21.1. The molecule has 194 valence electrons. The van der Waals surface area contributed by atoms with E-state index in [1.807, 2.05) is 7.05 Å². The molecule has 1 saturated heterocycles. The number of aliphatic hydroxyl groups excluding tert-OH is 2. The van der Waals surface area contributed by atoms with E-state index in [1.54, 1.807) is 12.2 Å². The number of carbonyl (C=O) groups is 3. The van der Waals surface area contributed by atoms with Crippen LogP contribution in [0.4, 0.5) is 5.13 Å². The molecule has 15 heteroatoms. The molecule has 2 aliphatic heterocycles. The van der Waals surface area contributed by atoms with Gasteiger partial charge in [0.25, 0.3) is 5.91 Å². The van der Waals surface area contributed by atoms with Gasteiger partial charge in [-0.15, -0.1) is 0 Å². The molecule has 2 fully saturated rings. The van der Waals surface area contributed by atoms with Gasteiger partial charge in [0, 0.05) is 22.5 Å². The van der Waals surface area contributed by atoms with Gasteiger partial charge in [0.1, 0.15) is 38.4 Å². The topological polar surface area (TPSA) is 200 Å². The SMILES string of the molecule is CO/N=C(\C(=O)N[C@@H]1C(=O)C2C(C(=O)[O-])=C(/C=C/C[N+]3(C)C[C@@H](O)[C@@H](O)C3)CS[C@@H]21)c1nsc(N)n1. The maximum atomic E-state index is 13.0. The third-order valence-corrected chi connectivity index (χ3v) is 8.43. The van der Waals surface area contributed by atoms with Crippen LogP contribution in [0.15, 0.2) is 28.5 Å². The Kier molecular flexibility index (Phi) is 7.47. The summed E-state index contributed by atoms with van der Waals surface area (Å²) >= 11 is 2.23. The number of aliphatic carboxylic acids is 1. The van der Waals surface area contributed by atoms with Crippen LogP contribution >= 0.6 is 23.3 Å². The van der Waals surface area contributed by atoms with Crippen molar-refractivity contribution in [2.75, 3.05) is 45.3 Å². The summed E-state index contributed by atoms with van der Waals surface area (Å²) in [6, 6.07) is -0.928.